The van der Waals surface area contributed by atoms with E-state index in [9.17, 15) is 13.6 Å². The van der Waals surface area contributed by atoms with Gasteiger partial charge in [-0.1, -0.05) is 15.9 Å². The first kappa shape index (κ1) is 12.8. The van der Waals surface area contributed by atoms with Gasteiger partial charge >= 0.3 is 5.97 Å². The van der Waals surface area contributed by atoms with Crippen LogP contribution in [0.15, 0.2) is 6.07 Å². The summed E-state index contributed by atoms with van der Waals surface area (Å²) in [4.78, 5) is 14.2. The van der Waals surface area contributed by atoms with Gasteiger partial charge in [0.05, 0.1) is 0 Å². The second-order valence-corrected chi connectivity index (χ2v) is 4.33. The van der Waals surface area contributed by atoms with E-state index in [0.717, 1.165) is 0 Å². The number of aromatic nitrogens is 1. The molecule has 0 unspecified atom stereocenters. The fourth-order valence-corrected chi connectivity index (χ4v) is 2.14. The Hall–Kier alpha value is -0.310. The maximum Gasteiger partial charge on any atom is 0.354 e. The number of rotatable bonds is 3. The Morgan fingerprint density at radius 1 is 1.67 bits per heavy atom. The van der Waals surface area contributed by atoms with Crippen molar-refractivity contribution in [1.82, 2.24) is 4.98 Å². The SMILES string of the molecule is O=C(O)c1nc(C(F)F)c(I)cc1CBr. The van der Waals surface area contributed by atoms with E-state index in [1.165, 1.54) is 6.07 Å². The molecule has 3 nitrogen and oxygen atoms in total. The molecule has 0 aliphatic carbocycles. The molecule has 0 aliphatic heterocycles. The van der Waals surface area contributed by atoms with Crippen LogP contribution in [0.1, 0.15) is 28.2 Å². The number of carboxylic acid groups (broad SMARTS) is 1. The molecule has 0 fully saturated rings. The lowest BCUT2D eigenvalue weighted by Crippen LogP contribution is -2.09. The molecule has 0 saturated carbocycles. The Balaban J connectivity index is 3.37. The van der Waals surface area contributed by atoms with Crippen LogP contribution >= 0.6 is 38.5 Å². The van der Waals surface area contributed by atoms with Crippen LogP contribution in [0.25, 0.3) is 0 Å². The van der Waals surface area contributed by atoms with Gasteiger partial charge in [0.1, 0.15) is 5.69 Å². The van der Waals surface area contributed by atoms with Crippen LogP contribution in [-0.2, 0) is 5.33 Å². The number of hydrogen-bond donors (Lipinski definition) is 1. The van der Waals surface area contributed by atoms with Crippen molar-refractivity contribution < 1.29 is 18.7 Å². The molecule has 0 aliphatic rings. The molecule has 1 N–H and O–H groups in total. The Labute approximate surface area is 106 Å². The molecule has 1 rings (SSSR count). The summed E-state index contributed by atoms with van der Waals surface area (Å²) in [6.45, 7) is 0. The second kappa shape index (κ2) is 5.15. The van der Waals surface area contributed by atoms with Gasteiger partial charge in [-0.3, -0.25) is 0 Å². The van der Waals surface area contributed by atoms with E-state index in [0.29, 0.717) is 5.56 Å². The number of nitrogens with zero attached hydrogens (tertiary/aromatic N) is 1. The first-order chi connectivity index (χ1) is 6.97. The van der Waals surface area contributed by atoms with Crippen LogP contribution in [-0.4, -0.2) is 16.1 Å². The number of carbonyl (C=O) groups is 1. The van der Waals surface area contributed by atoms with Crippen molar-refractivity contribution in [3.8, 4) is 0 Å². The van der Waals surface area contributed by atoms with Crippen LogP contribution in [0, 0.1) is 3.57 Å². The van der Waals surface area contributed by atoms with Gasteiger partial charge in [0.25, 0.3) is 6.43 Å². The van der Waals surface area contributed by atoms with Crippen molar-refractivity contribution in [3.63, 3.8) is 0 Å². The van der Waals surface area contributed by atoms with Gasteiger partial charge in [-0.15, -0.1) is 0 Å². The summed E-state index contributed by atoms with van der Waals surface area (Å²) in [6.07, 6.45) is -2.76. The van der Waals surface area contributed by atoms with Gasteiger partial charge in [-0.05, 0) is 34.2 Å². The fraction of sp³-hybridized carbons (Fsp3) is 0.250. The van der Waals surface area contributed by atoms with Crippen LogP contribution < -0.4 is 0 Å². The second-order valence-electron chi connectivity index (χ2n) is 2.60. The number of carboxylic acids is 1. The van der Waals surface area contributed by atoms with Crippen molar-refractivity contribution in [1.29, 1.82) is 0 Å². The third kappa shape index (κ3) is 2.83. The Morgan fingerprint density at radius 2 is 2.27 bits per heavy atom. The third-order valence-electron chi connectivity index (χ3n) is 1.64. The van der Waals surface area contributed by atoms with Crippen LogP contribution in [0.3, 0.4) is 0 Å². The normalized spacial score (nSPS) is 10.7. The van der Waals surface area contributed by atoms with E-state index < -0.39 is 18.1 Å². The zero-order chi connectivity index (χ0) is 11.6. The predicted molar refractivity (Wildman–Crippen MR) is 61.5 cm³/mol. The molecule has 0 saturated heterocycles. The van der Waals surface area contributed by atoms with E-state index in [1.54, 1.807) is 22.6 Å². The number of halogens is 4. The summed E-state index contributed by atoms with van der Waals surface area (Å²) in [5, 5.41) is 9.03. The Bertz CT molecular complexity index is 400. The number of alkyl halides is 3. The summed E-state index contributed by atoms with van der Waals surface area (Å²) in [5.41, 5.74) is -0.434. The van der Waals surface area contributed by atoms with E-state index in [4.69, 9.17) is 5.11 Å². The lowest BCUT2D eigenvalue weighted by atomic mass is 10.2. The highest BCUT2D eigenvalue weighted by atomic mass is 127. The molecule has 7 heteroatoms. The highest BCUT2D eigenvalue weighted by Crippen LogP contribution is 2.25. The van der Waals surface area contributed by atoms with Gasteiger partial charge < -0.3 is 5.11 Å². The highest BCUT2D eigenvalue weighted by Gasteiger charge is 2.20. The van der Waals surface area contributed by atoms with Crippen molar-refractivity contribution in [2.45, 2.75) is 11.8 Å². The van der Waals surface area contributed by atoms with Crippen LogP contribution in [0.2, 0.25) is 0 Å². The largest absolute Gasteiger partial charge is 0.477 e. The first-order valence-electron chi connectivity index (χ1n) is 3.74. The molecule has 0 spiro atoms. The van der Waals surface area contributed by atoms with Gasteiger partial charge in [0.2, 0.25) is 0 Å². The number of pyridine rings is 1. The van der Waals surface area contributed by atoms with E-state index in [-0.39, 0.29) is 14.6 Å². The average Bonchev–Trinajstić information content (AvgIpc) is 2.16. The van der Waals surface area contributed by atoms with Gasteiger partial charge in [-0.2, -0.15) is 0 Å². The summed E-state index contributed by atoms with van der Waals surface area (Å²) in [7, 11) is 0. The van der Waals surface area contributed by atoms with Crippen molar-refractivity contribution >= 4 is 44.5 Å². The minimum Gasteiger partial charge on any atom is -0.477 e. The molecule has 0 amide bonds. The van der Waals surface area contributed by atoms with E-state index >= 15 is 0 Å². The lowest BCUT2D eigenvalue weighted by Gasteiger charge is -2.07. The van der Waals surface area contributed by atoms with Gasteiger partial charge in [0, 0.05) is 8.90 Å². The van der Waals surface area contributed by atoms with E-state index in [2.05, 4.69) is 20.9 Å². The van der Waals surface area contributed by atoms with E-state index in [1.807, 2.05) is 0 Å². The van der Waals surface area contributed by atoms with Crippen molar-refractivity contribution in [2.24, 2.45) is 0 Å². The van der Waals surface area contributed by atoms with Gasteiger partial charge in [0.15, 0.2) is 5.69 Å². The summed E-state index contributed by atoms with van der Waals surface area (Å²) in [5.74, 6) is -1.30. The Morgan fingerprint density at radius 3 is 2.67 bits per heavy atom. The van der Waals surface area contributed by atoms with Crippen molar-refractivity contribution in [2.75, 3.05) is 0 Å². The maximum atomic E-state index is 12.4. The molecular weight excluding hydrogens is 387 g/mol. The summed E-state index contributed by atoms with van der Waals surface area (Å²) < 4.78 is 25.1. The van der Waals surface area contributed by atoms with Crippen LogP contribution in [0.4, 0.5) is 8.78 Å². The molecule has 0 aromatic carbocycles. The molecule has 0 atom stereocenters. The monoisotopic (exact) mass is 391 g/mol. The fourth-order valence-electron chi connectivity index (χ4n) is 0.981. The highest BCUT2D eigenvalue weighted by molar-refractivity contribution is 14.1. The number of aromatic carboxylic acids is 1. The van der Waals surface area contributed by atoms with Crippen molar-refractivity contribution in [3.05, 3.63) is 26.6 Å². The molecule has 1 heterocycles. The quantitative estimate of drug-likeness (QED) is 0.635. The summed E-state index contributed by atoms with van der Waals surface area (Å²) in [6, 6.07) is 1.40. The molecule has 15 heavy (non-hydrogen) atoms. The maximum absolute atomic E-state index is 12.4. The third-order valence-corrected chi connectivity index (χ3v) is 3.10. The number of hydrogen-bond acceptors (Lipinski definition) is 2. The molecule has 0 bridgehead atoms. The topological polar surface area (TPSA) is 50.2 Å². The average molecular weight is 392 g/mol. The van der Waals surface area contributed by atoms with Gasteiger partial charge in [-0.25, -0.2) is 18.6 Å². The molecular formula is C8H5BrF2INO2. The summed E-state index contributed by atoms with van der Waals surface area (Å²) >= 11 is 4.79. The molecule has 82 valence electrons. The minimum atomic E-state index is -2.76. The smallest absolute Gasteiger partial charge is 0.354 e. The standard InChI is InChI=1S/C8H5BrF2INO2/c9-2-3-1-4(12)6(7(10)11)13-5(3)8(14)15/h1,7H,2H2,(H,14,15). The molecule has 0 radical (unpaired) electrons. The van der Waals surface area contributed by atoms with Crippen LogP contribution in [0.5, 0.6) is 0 Å². The molecule has 1 aromatic rings. The zero-order valence-electron chi connectivity index (χ0n) is 7.18. The molecule has 1 aromatic heterocycles. The first-order valence-corrected chi connectivity index (χ1v) is 5.94. The lowest BCUT2D eigenvalue weighted by molar-refractivity contribution is 0.0687. The zero-order valence-corrected chi connectivity index (χ0v) is 10.9. The minimum absolute atomic E-state index is 0.265. The predicted octanol–water partition coefficient (Wildman–Crippen LogP) is 3.22. The Kier molecular flexibility index (Phi) is 4.38.